The van der Waals surface area contributed by atoms with Crippen molar-refractivity contribution in [3.05, 3.63) is 109 Å². The molecule has 0 spiro atoms. The van der Waals surface area contributed by atoms with Gasteiger partial charge in [-0.2, -0.15) is 5.10 Å². The summed E-state index contributed by atoms with van der Waals surface area (Å²) in [6, 6.07) is 15.8. The lowest BCUT2D eigenvalue weighted by atomic mass is 10.1. The number of carbonyl (C=O) groups excluding carboxylic acids is 1. The van der Waals surface area contributed by atoms with Crippen molar-refractivity contribution >= 4 is 45.1 Å². The van der Waals surface area contributed by atoms with E-state index >= 15 is 0 Å². The van der Waals surface area contributed by atoms with Gasteiger partial charge in [-0.3, -0.25) is 19.2 Å². The number of halogens is 1. The maximum Gasteiger partial charge on any atom is 0.273 e. The minimum atomic E-state index is -4.52. The number of hydrazone groups is 1. The van der Waals surface area contributed by atoms with E-state index in [2.05, 4.69) is 15.1 Å². The van der Waals surface area contributed by atoms with E-state index in [0.717, 1.165) is 44.1 Å². The Morgan fingerprint density at radius 2 is 1.73 bits per heavy atom. The lowest BCUT2D eigenvalue weighted by Crippen LogP contribution is -2.39. The number of carbonyl (C=O) groups is 1. The highest BCUT2D eigenvalue weighted by atomic mass is 35.5. The molecule has 0 aliphatic rings. The number of nitrogens with zero attached hydrogens (tertiary/aromatic N) is 4. The van der Waals surface area contributed by atoms with Crippen molar-refractivity contribution in [2.24, 2.45) is 5.10 Å². The topological polar surface area (TPSA) is 136 Å². The molecule has 0 radical (unpaired) electrons. The minimum absolute atomic E-state index is 0.0282. The zero-order valence-corrected chi connectivity index (χ0v) is 26.7. The number of ether oxygens (including phenoxy) is 1. The number of sulfonamides is 1. The van der Waals surface area contributed by atoms with Gasteiger partial charge in [0.25, 0.3) is 21.6 Å². The van der Waals surface area contributed by atoms with Gasteiger partial charge in [-0.15, -0.1) is 0 Å². The highest BCUT2D eigenvalue weighted by Gasteiger charge is 2.31. The molecule has 1 amide bonds. The van der Waals surface area contributed by atoms with Crippen molar-refractivity contribution in [3.8, 4) is 11.4 Å². The van der Waals surface area contributed by atoms with E-state index in [4.69, 9.17) is 16.3 Å². The number of nitro benzene ring substituents is 1. The van der Waals surface area contributed by atoms with Crippen molar-refractivity contribution in [2.75, 3.05) is 18.0 Å². The summed E-state index contributed by atoms with van der Waals surface area (Å²) in [5.41, 5.74) is 8.21. The molecule has 0 atom stereocenters. The number of anilines is 1. The highest BCUT2D eigenvalue weighted by Crippen LogP contribution is 2.35. The summed E-state index contributed by atoms with van der Waals surface area (Å²) in [7, 11) is -3.18. The van der Waals surface area contributed by atoms with Crippen molar-refractivity contribution in [1.82, 2.24) is 9.99 Å². The number of hydrogen-bond donors (Lipinski definition) is 1. The number of aryl methyl sites for hydroxylation is 4. The van der Waals surface area contributed by atoms with Crippen molar-refractivity contribution in [2.45, 2.75) is 39.5 Å². The molecule has 0 fully saturated rings. The third-order valence-electron chi connectivity index (χ3n) is 7.19. The average Bonchev–Trinajstić information content (AvgIpc) is 3.23. The molecular formula is C31H32ClN5O6S. The van der Waals surface area contributed by atoms with Gasteiger partial charge in [0.15, 0.2) is 0 Å². The summed E-state index contributed by atoms with van der Waals surface area (Å²) in [5, 5.41) is 15.8. The van der Waals surface area contributed by atoms with Gasteiger partial charge >= 0.3 is 0 Å². The summed E-state index contributed by atoms with van der Waals surface area (Å²) in [5.74, 6) is -0.646. The van der Waals surface area contributed by atoms with E-state index in [1.807, 2.05) is 52.0 Å². The summed E-state index contributed by atoms with van der Waals surface area (Å²) in [6.45, 7) is 8.78. The zero-order chi connectivity index (χ0) is 32.3. The van der Waals surface area contributed by atoms with Crippen LogP contribution in [-0.4, -0.2) is 43.7 Å². The first-order valence-electron chi connectivity index (χ1n) is 13.4. The molecule has 0 saturated carbocycles. The molecule has 0 aliphatic carbocycles. The number of nitrogens with one attached hydrogen (secondary N) is 1. The Morgan fingerprint density at radius 3 is 2.36 bits per heavy atom. The van der Waals surface area contributed by atoms with Gasteiger partial charge < -0.3 is 9.30 Å². The van der Waals surface area contributed by atoms with Crippen LogP contribution in [0, 0.1) is 44.7 Å². The number of benzene rings is 3. The Bertz CT molecular complexity index is 1880. The van der Waals surface area contributed by atoms with E-state index < -0.39 is 27.4 Å². The maximum atomic E-state index is 13.9. The second-order valence-corrected chi connectivity index (χ2v) is 12.5. The molecule has 11 nitrogen and oxygen atoms in total. The van der Waals surface area contributed by atoms with Crippen LogP contribution in [0.25, 0.3) is 5.69 Å². The summed E-state index contributed by atoms with van der Waals surface area (Å²) in [6.07, 6.45) is 1.49. The Labute approximate surface area is 260 Å². The van der Waals surface area contributed by atoms with Crippen molar-refractivity contribution in [1.29, 1.82) is 0 Å². The molecular weight excluding hydrogens is 606 g/mol. The predicted octanol–water partition coefficient (Wildman–Crippen LogP) is 5.94. The van der Waals surface area contributed by atoms with Gasteiger partial charge in [0.2, 0.25) is 0 Å². The van der Waals surface area contributed by atoms with Crippen molar-refractivity contribution in [3.63, 3.8) is 0 Å². The van der Waals surface area contributed by atoms with Gasteiger partial charge in [0, 0.05) is 33.6 Å². The average molecular weight is 638 g/mol. The van der Waals surface area contributed by atoms with Crippen LogP contribution in [0.4, 0.5) is 11.4 Å². The summed E-state index contributed by atoms with van der Waals surface area (Å²) in [4.78, 5) is 23.6. The van der Waals surface area contributed by atoms with E-state index in [0.29, 0.717) is 0 Å². The van der Waals surface area contributed by atoms with Crippen molar-refractivity contribution < 1.29 is 22.9 Å². The largest absolute Gasteiger partial charge is 0.495 e. The van der Waals surface area contributed by atoms with Crippen LogP contribution in [-0.2, 0) is 14.8 Å². The molecule has 1 heterocycles. The fourth-order valence-electron chi connectivity index (χ4n) is 4.99. The quantitative estimate of drug-likeness (QED) is 0.130. The van der Waals surface area contributed by atoms with Crippen LogP contribution in [0.2, 0.25) is 5.02 Å². The molecule has 230 valence electrons. The fourth-order valence-corrected chi connectivity index (χ4v) is 6.60. The van der Waals surface area contributed by atoms with Gasteiger partial charge in [0.05, 0.1) is 34.5 Å². The number of nitro groups is 1. The number of amides is 1. The van der Waals surface area contributed by atoms with E-state index in [1.54, 1.807) is 0 Å². The highest BCUT2D eigenvalue weighted by molar-refractivity contribution is 7.92. The van der Waals surface area contributed by atoms with Crippen LogP contribution in [0.3, 0.4) is 0 Å². The van der Waals surface area contributed by atoms with Crippen LogP contribution in [0.5, 0.6) is 5.75 Å². The fraction of sp³-hybridized carbons (Fsp3) is 0.226. The lowest BCUT2D eigenvalue weighted by Gasteiger charge is -2.25. The first-order valence-corrected chi connectivity index (χ1v) is 15.3. The van der Waals surface area contributed by atoms with Crippen LogP contribution < -0.4 is 14.5 Å². The zero-order valence-electron chi connectivity index (χ0n) is 25.1. The molecule has 1 aromatic heterocycles. The SMILES string of the molecule is COc1ccc(Cl)cc1N(CC(=O)N/N=C\c1cc(C)n(-c2c(C)cccc2C)c1C)S(=O)(=O)c1ccc(C)c([N+](=O)[O-])c1. The molecule has 44 heavy (non-hydrogen) atoms. The second kappa shape index (κ2) is 12.9. The third kappa shape index (κ3) is 6.46. The Kier molecular flexibility index (Phi) is 9.45. The molecule has 3 aromatic carbocycles. The number of para-hydroxylation sites is 1. The van der Waals surface area contributed by atoms with Crippen LogP contribution in [0.15, 0.2) is 70.7 Å². The Balaban J connectivity index is 1.66. The molecule has 1 N–H and O–H groups in total. The van der Waals surface area contributed by atoms with Crippen LogP contribution in [0.1, 0.15) is 33.6 Å². The number of aromatic nitrogens is 1. The third-order valence-corrected chi connectivity index (χ3v) is 9.18. The number of rotatable bonds is 10. The smallest absolute Gasteiger partial charge is 0.273 e. The standard InChI is InChI=1S/C31H32ClN5O6S/c1-19-10-12-26(16-27(19)37(39)40)44(41,42)35(28-15-25(32)11-13-29(28)43-6)18-30(38)34-33-17-24-14-22(4)36(23(24)5)31-20(2)8-7-9-21(31)3/h7-17H,18H2,1-6H3,(H,34,38)/b33-17-. The predicted molar refractivity (Wildman–Crippen MR) is 171 cm³/mol. The molecule has 0 saturated heterocycles. The second-order valence-electron chi connectivity index (χ2n) is 10.2. The first-order chi connectivity index (χ1) is 20.8. The van der Waals surface area contributed by atoms with Gasteiger partial charge in [0.1, 0.15) is 12.3 Å². The lowest BCUT2D eigenvalue weighted by molar-refractivity contribution is -0.385. The van der Waals surface area contributed by atoms with Gasteiger partial charge in [-0.25, -0.2) is 13.8 Å². The molecule has 4 aromatic rings. The molecule has 0 unspecified atom stereocenters. The van der Waals surface area contributed by atoms with E-state index in [9.17, 15) is 23.3 Å². The Hall–Kier alpha value is -4.68. The van der Waals surface area contributed by atoms with Gasteiger partial charge in [-0.1, -0.05) is 35.9 Å². The van der Waals surface area contributed by atoms with Crippen LogP contribution >= 0.6 is 11.6 Å². The number of hydrogen-bond acceptors (Lipinski definition) is 7. The monoisotopic (exact) mass is 637 g/mol. The summed E-state index contributed by atoms with van der Waals surface area (Å²) >= 11 is 6.19. The van der Waals surface area contributed by atoms with E-state index in [-0.39, 0.29) is 32.6 Å². The maximum absolute atomic E-state index is 13.9. The molecule has 4 rings (SSSR count). The molecule has 0 aliphatic heterocycles. The minimum Gasteiger partial charge on any atom is -0.495 e. The summed E-state index contributed by atoms with van der Waals surface area (Å²) < 4.78 is 36.0. The normalized spacial score (nSPS) is 11.5. The molecule has 13 heteroatoms. The number of methoxy groups -OCH3 is 1. The molecule has 0 bridgehead atoms. The van der Waals surface area contributed by atoms with Gasteiger partial charge in [-0.05, 0) is 76.1 Å². The van der Waals surface area contributed by atoms with E-state index in [1.165, 1.54) is 50.6 Å². The first kappa shape index (κ1) is 32.2. The Morgan fingerprint density at radius 1 is 1.05 bits per heavy atom.